The number of anilines is 3. The number of hydrogen-bond acceptors (Lipinski definition) is 6. The largest absolute Gasteiger partial charge is 0.456 e. The molecular weight excluding hydrogens is 572 g/mol. The Morgan fingerprint density at radius 1 is 0.609 bits per heavy atom. The first-order valence-electron chi connectivity index (χ1n) is 15.0. The van der Waals surface area contributed by atoms with Crippen molar-refractivity contribution in [2.75, 3.05) is 4.90 Å². The van der Waals surface area contributed by atoms with Crippen molar-refractivity contribution in [2.24, 2.45) is 7.05 Å². The minimum atomic E-state index is 0.623. The Balaban J connectivity index is 1.29. The van der Waals surface area contributed by atoms with Crippen molar-refractivity contribution < 1.29 is 13.6 Å². The van der Waals surface area contributed by atoms with Crippen LogP contribution in [0.5, 0.6) is 11.5 Å². The zero-order valence-electron chi connectivity index (χ0n) is 24.8. The highest BCUT2D eigenvalue weighted by Gasteiger charge is 2.22. The van der Waals surface area contributed by atoms with Crippen LogP contribution < -0.4 is 9.64 Å². The molecule has 7 heteroatoms. The molecule has 0 unspecified atom stereocenters. The van der Waals surface area contributed by atoms with Gasteiger partial charge in [0.25, 0.3) is 0 Å². The molecule has 0 saturated heterocycles. The molecule has 5 aromatic carbocycles. The van der Waals surface area contributed by atoms with Crippen LogP contribution in [0.3, 0.4) is 0 Å². The summed E-state index contributed by atoms with van der Waals surface area (Å²) in [5.74, 6) is 2.86. The summed E-state index contributed by atoms with van der Waals surface area (Å²) in [4.78, 5) is 11.5. The first kappa shape index (κ1) is 26.1. The fourth-order valence-corrected chi connectivity index (χ4v) is 6.31. The topological polar surface area (TPSA) is 69.5 Å². The van der Waals surface area contributed by atoms with Crippen molar-refractivity contribution in [1.29, 1.82) is 0 Å². The molecule has 0 saturated carbocycles. The first-order valence-corrected chi connectivity index (χ1v) is 15.0. The van der Waals surface area contributed by atoms with Crippen LogP contribution >= 0.6 is 0 Å². The van der Waals surface area contributed by atoms with E-state index in [4.69, 9.17) is 23.5 Å². The molecule has 0 aliphatic rings. The van der Waals surface area contributed by atoms with Gasteiger partial charge in [-0.3, -0.25) is 4.90 Å². The molecule has 0 spiro atoms. The van der Waals surface area contributed by atoms with Crippen molar-refractivity contribution >= 4 is 61.1 Å². The molecular formula is C39H26N4O3. The number of ether oxygens (including phenoxy) is 1. The lowest BCUT2D eigenvalue weighted by Crippen LogP contribution is -2.11. The third-order valence-corrected chi connectivity index (χ3v) is 8.32. The molecule has 7 nitrogen and oxygen atoms in total. The van der Waals surface area contributed by atoms with Crippen LogP contribution in [0.25, 0.3) is 55.3 Å². The van der Waals surface area contributed by atoms with Crippen LogP contribution in [-0.4, -0.2) is 14.5 Å². The molecule has 46 heavy (non-hydrogen) atoms. The van der Waals surface area contributed by atoms with E-state index in [-0.39, 0.29) is 0 Å². The van der Waals surface area contributed by atoms with Crippen LogP contribution in [0, 0.1) is 0 Å². The summed E-state index contributed by atoms with van der Waals surface area (Å²) in [5.41, 5.74) is 5.76. The van der Waals surface area contributed by atoms with Gasteiger partial charge in [-0.25, -0.2) is 9.97 Å². The highest BCUT2D eigenvalue weighted by Crippen LogP contribution is 2.45. The van der Waals surface area contributed by atoms with Crippen molar-refractivity contribution in [1.82, 2.24) is 14.5 Å². The van der Waals surface area contributed by atoms with Gasteiger partial charge in [0, 0.05) is 71.2 Å². The maximum atomic E-state index is 6.90. The Bertz CT molecular complexity index is 2490. The van der Waals surface area contributed by atoms with Gasteiger partial charge in [0.05, 0.1) is 11.1 Å². The molecule has 4 aromatic heterocycles. The fraction of sp³-hybridized carbons (Fsp3) is 0.0256. The molecule has 4 heterocycles. The quantitative estimate of drug-likeness (QED) is 0.190. The van der Waals surface area contributed by atoms with Crippen LogP contribution in [0.4, 0.5) is 17.2 Å². The minimum absolute atomic E-state index is 0.623. The second-order valence-electron chi connectivity index (χ2n) is 11.2. The van der Waals surface area contributed by atoms with E-state index in [1.807, 2.05) is 109 Å². The molecule has 0 aliphatic carbocycles. The summed E-state index contributed by atoms with van der Waals surface area (Å²) >= 11 is 0. The lowest BCUT2D eigenvalue weighted by Gasteiger charge is -2.24. The Hall–Kier alpha value is -6.34. The van der Waals surface area contributed by atoms with Crippen molar-refractivity contribution in [3.05, 3.63) is 140 Å². The Labute approximate surface area is 263 Å². The molecule has 0 N–H and O–H groups in total. The third-order valence-electron chi connectivity index (χ3n) is 8.32. The van der Waals surface area contributed by atoms with Gasteiger partial charge in [-0.05, 0) is 42.5 Å². The second-order valence-corrected chi connectivity index (χ2v) is 11.2. The number of fused-ring (bicyclic) bond motifs is 6. The zero-order chi connectivity index (χ0) is 30.6. The normalized spacial score (nSPS) is 11.6. The summed E-state index contributed by atoms with van der Waals surface area (Å²) in [5, 5.41) is 3.88. The molecule has 0 aliphatic heterocycles. The molecule has 220 valence electrons. The van der Waals surface area contributed by atoms with Gasteiger partial charge in [-0.15, -0.1) is 0 Å². The molecule has 0 bridgehead atoms. The van der Waals surface area contributed by atoms with E-state index in [0.29, 0.717) is 17.1 Å². The van der Waals surface area contributed by atoms with Crippen molar-refractivity contribution in [3.63, 3.8) is 0 Å². The van der Waals surface area contributed by atoms with Gasteiger partial charge in [0.2, 0.25) is 0 Å². The number of aromatic nitrogens is 3. The predicted octanol–water partition coefficient (Wildman–Crippen LogP) is 10.5. The summed E-state index contributed by atoms with van der Waals surface area (Å²) in [6.45, 7) is 0. The Morgan fingerprint density at radius 2 is 1.30 bits per heavy atom. The number of imidazole rings is 1. The number of furan rings is 2. The van der Waals surface area contributed by atoms with Gasteiger partial charge in [-0.2, -0.15) is 0 Å². The smallest absolute Gasteiger partial charge is 0.141 e. The fourth-order valence-electron chi connectivity index (χ4n) is 6.31. The van der Waals surface area contributed by atoms with E-state index in [2.05, 4.69) is 35.2 Å². The Morgan fingerprint density at radius 3 is 2.02 bits per heavy atom. The number of rotatable bonds is 6. The first-order chi connectivity index (χ1) is 22.7. The zero-order valence-corrected chi connectivity index (χ0v) is 24.8. The van der Waals surface area contributed by atoms with Gasteiger partial charge >= 0.3 is 0 Å². The van der Waals surface area contributed by atoms with E-state index >= 15 is 0 Å². The van der Waals surface area contributed by atoms with Gasteiger partial charge < -0.3 is 18.1 Å². The lowest BCUT2D eigenvalue weighted by atomic mass is 10.0. The average molecular weight is 599 g/mol. The third kappa shape index (κ3) is 4.21. The number of benzene rings is 5. The number of hydrogen-bond donors (Lipinski definition) is 0. The predicted molar refractivity (Wildman–Crippen MR) is 182 cm³/mol. The monoisotopic (exact) mass is 598 g/mol. The summed E-state index contributed by atoms with van der Waals surface area (Å²) in [7, 11) is 1.99. The van der Waals surface area contributed by atoms with Crippen LogP contribution in [0.2, 0.25) is 0 Å². The average Bonchev–Trinajstić information content (AvgIpc) is 3.80. The van der Waals surface area contributed by atoms with Crippen LogP contribution in [0.1, 0.15) is 0 Å². The van der Waals surface area contributed by atoms with E-state index in [1.54, 1.807) is 12.4 Å². The summed E-state index contributed by atoms with van der Waals surface area (Å²) in [6.07, 6.45) is 5.54. The van der Waals surface area contributed by atoms with Gasteiger partial charge in [-0.1, -0.05) is 60.7 Å². The number of aryl methyl sites for hydroxylation is 1. The highest BCUT2D eigenvalue weighted by molar-refractivity contribution is 6.13. The van der Waals surface area contributed by atoms with E-state index in [0.717, 1.165) is 66.9 Å². The summed E-state index contributed by atoms with van der Waals surface area (Å²) < 4.78 is 21.7. The Kier molecular flexibility index (Phi) is 5.89. The van der Waals surface area contributed by atoms with Gasteiger partial charge in [0.15, 0.2) is 0 Å². The summed E-state index contributed by atoms with van der Waals surface area (Å²) in [6, 6.07) is 40.2. The van der Waals surface area contributed by atoms with E-state index in [1.165, 1.54) is 0 Å². The molecule has 9 rings (SSSR count). The van der Waals surface area contributed by atoms with Crippen molar-refractivity contribution in [2.45, 2.75) is 0 Å². The standard InChI is InChI=1S/C39H26N4O3/c1-42-20-19-41-39(42)30-23-27(24-35-37(30)28-13-5-7-15-31(28)46-35)44-33-21-26(22-34-38(33)29-14-6-8-16-32(29)45-34)43(25-11-3-2-4-12-25)36-17-9-10-18-40-36/h2-24H,1H3. The number of nitrogens with zero attached hydrogens (tertiary/aromatic N) is 4. The number of pyridine rings is 1. The molecule has 9 aromatic rings. The molecule has 0 radical (unpaired) electrons. The highest BCUT2D eigenvalue weighted by atomic mass is 16.5. The lowest BCUT2D eigenvalue weighted by molar-refractivity contribution is 0.488. The van der Waals surface area contributed by atoms with Gasteiger partial charge in [0.1, 0.15) is 45.5 Å². The molecule has 0 atom stereocenters. The van der Waals surface area contributed by atoms with Crippen LogP contribution in [0.15, 0.2) is 149 Å². The van der Waals surface area contributed by atoms with E-state index in [9.17, 15) is 0 Å². The SMILES string of the molecule is Cn1ccnc1-c1cc(Oc2cc(N(c3ccccc3)c3ccccn3)cc3oc4ccccc4c23)cc2oc3ccccc3c12. The number of para-hydroxylation sites is 3. The minimum Gasteiger partial charge on any atom is -0.456 e. The van der Waals surface area contributed by atoms with E-state index < -0.39 is 0 Å². The molecule has 0 amide bonds. The maximum Gasteiger partial charge on any atom is 0.141 e. The van der Waals surface area contributed by atoms with Crippen molar-refractivity contribution in [3.8, 4) is 22.9 Å². The maximum absolute atomic E-state index is 6.90. The van der Waals surface area contributed by atoms with Crippen LogP contribution in [-0.2, 0) is 7.05 Å². The second kappa shape index (κ2) is 10.4. The molecule has 0 fully saturated rings.